The highest BCUT2D eigenvalue weighted by Crippen LogP contribution is 2.98. The Kier molecular flexibility index (Phi) is 6.38. The summed E-state index contributed by atoms with van der Waals surface area (Å²) in [5.41, 5.74) is 18.2. The molecule has 7 aliphatic rings. The first kappa shape index (κ1) is 34.8. The summed E-state index contributed by atoms with van der Waals surface area (Å²) in [6.45, 7) is 0. The molecule has 0 radical (unpaired) electrons. The fraction of sp³-hybridized carbons (Fsp3) is 0.183. The summed E-state index contributed by atoms with van der Waals surface area (Å²) < 4.78 is 0. The molecule has 0 N–H and O–H groups in total. The van der Waals surface area contributed by atoms with Crippen molar-refractivity contribution in [2.24, 2.45) is 29.1 Å². The Morgan fingerprint density at radius 3 is 1.88 bits per heavy atom. The first-order valence-corrected chi connectivity index (χ1v) is 25.4. The van der Waals surface area contributed by atoms with Gasteiger partial charge >= 0.3 is 0 Å². The van der Waals surface area contributed by atoms with Gasteiger partial charge in [-0.05, 0) is 128 Å². The van der Waals surface area contributed by atoms with Gasteiger partial charge in [-0.3, -0.25) is 0 Å². The van der Waals surface area contributed by atoms with Gasteiger partial charge in [0.05, 0.1) is 0 Å². The Morgan fingerprint density at radius 1 is 0.516 bits per heavy atom. The highest BCUT2D eigenvalue weighted by atomic mass is 32.3. The fourth-order valence-electron chi connectivity index (χ4n) is 15.8. The van der Waals surface area contributed by atoms with E-state index in [0.717, 1.165) is 45.6 Å². The molecule has 0 amide bonds. The van der Waals surface area contributed by atoms with Crippen molar-refractivity contribution in [3.05, 3.63) is 187 Å². The Balaban J connectivity index is 0.851. The highest BCUT2D eigenvalue weighted by Gasteiger charge is 2.90. The molecule has 2 spiro atoms. The van der Waals surface area contributed by atoms with Gasteiger partial charge in [0.25, 0.3) is 0 Å². The summed E-state index contributed by atoms with van der Waals surface area (Å²) in [5, 5.41) is 3.26. The van der Waals surface area contributed by atoms with Crippen molar-refractivity contribution in [3.8, 4) is 78.7 Å². The summed E-state index contributed by atoms with van der Waals surface area (Å²) in [4.78, 5) is 18.9. The summed E-state index contributed by atoms with van der Waals surface area (Å²) in [5.74, 6) is 5.46. The maximum atomic E-state index is 5.20. The monoisotopic (exact) mass is 837 g/mol. The summed E-state index contributed by atoms with van der Waals surface area (Å²) in [6, 6.07) is 65.2. The predicted octanol–water partition coefficient (Wildman–Crippen LogP) is 14.5. The number of nitrogens with zero attached hydrogens (tertiary/aromatic N) is 3. The molecule has 4 fully saturated rings. The van der Waals surface area contributed by atoms with Crippen LogP contribution in [0.1, 0.15) is 30.4 Å². The number of aromatic nitrogens is 3. The fourth-order valence-corrected chi connectivity index (χ4v) is 20.9. The Bertz CT molecular complexity index is 3540. The van der Waals surface area contributed by atoms with E-state index in [0.29, 0.717) is 22.9 Å². The van der Waals surface area contributed by atoms with Gasteiger partial charge in [-0.25, -0.2) is 15.0 Å². The zero-order chi connectivity index (χ0) is 41.7. The van der Waals surface area contributed by atoms with Crippen LogP contribution < -0.4 is 0 Å². The molecule has 16 rings (SSSR count). The molecule has 2 bridgehead atoms. The number of fused-ring (bicyclic) bond motifs is 9. The van der Waals surface area contributed by atoms with Crippen LogP contribution in [0.15, 0.2) is 186 Å². The van der Waals surface area contributed by atoms with Gasteiger partial charge in [0, 0.05) is 42.7 Å². The minimum atomic E-state index is -1.26. The second-order valence-corrected chi connectivity index (χ2v) is 23.4. The van der Waals surface area contributed by atoms with Crippen LogP contribution in [0.5, 0.6) is 0 Å². The van der Waals surface area contributed by atoms with Gasteiger partial charge in [0.2, 0.25) is 0 Å². The molecule has 5 aliphatic carbocycles. The third kappa shape index (κ3) is 3.88. The number of hydrogen-bond donors (Lipinski definition) is 0. The van der Waals surface area contributed by atoms with E-state index in [1.165, 1.54) is 74.5 Å². The number of rotatable bonds is 5. The first-order chi connectivity index (χ1) is 31.6. The lowest BCUT2D eigenvalue weighted by molar-refractivity contribution is -0.232. The van der Waals surface area contributed by atoms with Crippen LogP contribution in [0, 0.1) is 29.1 Å². The van der Waals surface area contributed by atoms with E-state index in [1.54, 1.807) is 20.9 Å². The van der Waals surface area contributed by atoms with E-state index in [-0.39, 0.29) is 5.41 Å². The van der Waals surface area contributed by atoms with Crippen molar-refractivity contribution in [1.29, 1.82) is 0 Å². The van der Waals surface area contributed by atoms with Gasteiger partial charge in [-0.15, -0.1) is 0 Å². The molecule has 64 heavy (non-hydrogen) atoms. The van der Waals surface area contributed by atoms with E-state index in [9.17, 15) is 0 Å². The van der Waals surface area contributed by atoms with E-state index in [1.807, 2.05) is 6.07 Å². The van der Waals surface area contributed by atoms with Gasteiger partial charge in [-0.2, -0.15) is 10.0 Å². The molecule has 3 heterocycles. The first-order valence-electron chi connectivity index (χ1n) is 23.3. The zero-order valence-corrected chi connectivity index (χ0v) is 36.3. The quantitative estimate of drug-likeness (QED) is 0.173. The van der Waals surface area contributed by atoms with Crippen LogP contribution in [0.25, 0.3) is 89.4 Å². The van der Waals surface area contributed by atoms with Crippen LogP contribution in [0.2, 0.25) is 0 Å². The zero-order valence-electron chi connectivity index (χ0n) is 35.5. The molecule has 0 saturated heterocycles. The van der Waals surface area contributed by atoms with Crippen LogP contribution >= 0.6 is 10.0 Å². The van der Waals surface area contributed by atoms with Crippen LogP contribution in [-0.4, -0.2) is 26.5 Å². The van der Waals surface area contributed by atoms with E-state index < -0.39 is 10.0 Å². The molecular formula is C60H43N3S. The molecule has 4 saturated carbocycles. The normalized spacial score (nSPS) is 29.2. The van der Waals surface area contributed by atoms with Crippen molar-refractivity contribution in [2.45, 2.75) is 39.7 Å². The molecule has 8 atom stereocenters. The van der Waals surface area contributed by atoms with Gasteiger partial charge in [0.1, 0.15) is 0 Å². The molecule has 3 nitrogen and oxygen atoms in total. The van der Waals surface area contributed by atoms with E-state index in [4.69, 9.17) is 15.0 Å². The smallest absolute Gasteiger partial charge is 0.164 e. The minimum absolute atomic E-state index is 0.201. The second-order valence-electron chi connectivity index (χ2n) is 20.0. The largest absolute Gasteiger partial charge is 0.208 e. The molecule has 304 valence electrons. The van der Waals surface area contributed by atoms with Crippen molar-refractivity contribution < 1.29 is 0 Å². The summed E-state index contributed by atoms with van der Waals surface area (Å²) in [6.07, 6.45) is 7.16. The van der Waals surface area contributed by atoms with Crippen molar-refractivity contribution >= 4 is 20.8 Å². The molecule has 8 aromatic carbocycles. The van der Waals surface area contributed by atoms with E-state index >= 15 is 0 Å². The van der Waals surface area contributed by atoms with Crippen LogP contribution in [0.3, 0.4) is 0 Å². The highest BCUT2D eigenvalue weighted by molar-refractivity contribution is 8.34. The lowest BCUT2D eigenvalue weighted by Gasteiger charge is -2.80. The lowest BCUT2D eigenvalue weighted by atomic mass is 9.26. The van der Waals surface area contributed by atoms with Gasteiger partial charge < -0.3 is 0 Å². The summed E-state index contributed by atoms with van der Waals surface area (Å²) in [7, 11) is -1.26. The molecular weight excluding hydrogens is 795 g/mol. The van der Waals surface area contributed by atoms with Crippen molar-refractivity contribution in [2.75, 3.05) is 6.26 Å². The number of benzene rings is 8. The number of hydrogen-bond acceptors (Lipinski definition) is 3. The third-order valence-corrected chi connectivity index (χ3v) is 22.1. The van der Waals surface area contributed by atoms with E-state index in [2.05, 4.69) is 176 Å². The predicted molar refractivity (Wildman–Crippen MR) is 260 cm³/mol. The summed E-state index contributed by atoms with van der Waals surface area (Å²) >= 11 is 0. The van der Waals surface area contributed by atoms with Crippen molar-refractivity contribution in [3.63, 3.8) is 0 Å². The molecule has 4 heteroatoms. The maximum absolute atomic E-state index is 5.20. The Morgan fingerprint density at radius 2 is 1.11 bits per heavy atom. The average Bonchev–Trinajstić information content (AvgIpc) is 4.06. The Labute approximate surface area is 374 Å². The topological polar surface area (TPSA) is 38.7 Å². The van der Waals surface area contributed by atoms with Gasteiger partial charge in [0.15, 0.2) is 17.5 Å². The van der Waals surface area contributed by atoms with Crippen LogP contribution in [0.4, 0.5) is 0 Å². The maximum Gasteiger partial charge on any atom is 0.164 e. The standard InChI is InChI=1S/C60H43N3S/c1-64-49-21-10-8-18-45(49)51-46(32-47-44-17-7-9-20-48(44)60(52(47)54(51)64)50-31-41-30-40-33-59(41,50)55(60)53(40)64)36-24-28-39(29-25-36)58-62-56(37-13-3-2-4-14-37)61-57(63-58)38-26-22-35(23-27-38)43-19-11-15-34-12-5-6-16-42(34)43/h2-29,32,40-41,50,53,55H,30-31,33H2,1H3. The SMILES string of the molecule is CS12c3ccccc3-c3c(-c4ccc(-c5nc(-c6ccccc6)nc(-c6ccc(-c7cccc8ccccc78)cc6)n5)cc4)cc4c(c31)C1(c3ccccc3-4)C3CC4CC5CC43C1C52. The Hall–Kier alpha value is -6.62. The molecule has 8 unspecified atom stereocenters. The lowest BCUT2D eigenvalue weighted by Crippen LogP contribution is -2.77. The van der Waals surface area contributed by atoms with Gasteiger partial charge in [-0.1, -0.05) is 164 Å². The third-order valence-electron chi connectivity index (χ3n) is 17.8. The van der Waals surface area contributed by atoms with Crippen molar-refractivity contribution in [1.82, 2.24) is 15.0 Å². The minimum Gasteiger partial charge on any atom is -0.208 e. The second kappa shape index (κ2) is 11.7. The molecule has 9 aromatic rings. The molecule has 2 aliphatic heterocycles. The van der Waals surface area contributed by atoms with Crippen LogP contribution in [-0.2, 0) is 5.41 Å². The average molecular weight is 838 g/mol. The molecule has 1 aromatic heterocycles.